The molecule has 1 aliphatic rings. The van der Waals surface area contributed by atoms with Gasteiger partial charge >= 0.3 is 5.97 Å². The van der Waals surface area contributed by atoms with Crippen molar-refractivity contribution in [2.75, 3.05) is 18.0 Å². The fraction of sp³-hybridized carbons (Fsp3) is 0.172. The van der Waals surface area contributed by atoms with Crippen LogP contribution in [-0.4, -0.2) is 38.1 Å². The molecule has 37 heavy (non-hydrogen) atoms. The van der Waals surface area contributed by atoms with Crippen molar-refractivity contribution in [2.24, 2.45) is 0 Å². The average Bonchev–Trinajstić information content (AvgIpc) is 3.31. The van der Waals surface area contributed by atoms with Gasteiger partial charge in [-0.2, -0.15) is 0 Å². The van der Waals surface area contributed by atoms with E-state index in [0.717, 1.165) is 33.6 Å². The van der Waals surface area contributed by atoms with Crippen LogP contribution < -0.4 is 9.04 Å². The molecule has 1 atom stereocenters. The molecule has 0 bridgehead atoms. The molecule has 1 aliphatic heterocycles. The number of aromatic nitrogens is 1. The second-order valence-electron chi connectivity index (χ2n) is 8.93. The standard InChI is InChI=1S/C29H26N2O5S/c1-36-25-10-4-20(5-11-25)21-6-12-26(13-7-21)37(34,35)31-19-24(9-15-29(32)33)27-17-22(8-14-28(27)31)23-3-2-16-30-18-23/h2-8,10-14,16-18,24H,9,15,19H2,1H3,(H,32,33). The summed E-state index contributed by atoms with van der Waals surface area (Å²) in [5, 5.41) is 9.26. The second kappa shape index (κ2) is 10.1. The second-order valence-corrected chi connectivity index (χ2v) is 10.8. The van der Waals surface area contributed by atoms with Crippen molar-refractivity contribution in [3.05, 3.63) is 96.8 Å². The van der Waals surface area contributed by atoms with E-state index in [-0.39, 0.29) is 23.8 Å². The topological polar surface area (TPSA) is 96.8 Å². The highest BCUT2D eigenvalue weighted by Crippen LogP contribution is 2.43. The maximum atomic E-state index is 13.8. The first-order valence-electron chi connectivity index (χ1n) is 11.9. The highest BCUT2D eigenvalue weighted by molar-refractivity contribution is 7.92. The minimum atomic E-state index is -3.86. The number of pyridine rings is 1. The number of carboxylic acid groups (broad SMARTS) is 1. The Balaban J connectivity index is 1.47. The number of nitrogens with zero attached hydrogens (tertiary/aromatic N) is 2. The molecule has 7 nitrogen and oxygen atoms in total. The van der Waals surface area contributed by atoms with Gasteiger partial charge in [0, 0.05) is 31.3 Å². The number of ether oxygens (including phenoxy) is 1. The smallest absolute Gasteiger partial charge is 0.303 e. The van der Waals surface area contributed by atoms with Crippen molar-refractivity contribution >= 4 is 21.7 Å². The van der Waals surface area contributed by atoms with Gasteiger partial charge in [-0.1, -0.05) is 36.4 Å². The number of hydrogen-bond donors (Lipinski definition) is 1. The van der Waals surface area contributed by atoms with Gasteiger partial charge in [0.05, 0.1) is 17.7 Å². The fourth-order valence-electron chi connectivity index (χ4n) is 4.72. The summed E-state index contributed by atoms with van der Waals surface area (Å²) in [5.41, 5.74) is 5.09. The molecule has 1 unspecified atom stereocenters. The molecule has 188 valence electrons. The Morgan fingerprint density at radius 1 is 0.973 bits per heavy atom. The average molecular weight is 515 g/mol. The van der Waals surface area contributed by atoms with Crippen molar-refractivity contribution < 1.29 is 23.1 Å². The Morgan fingerprint density at radius 2 is 1.65 bits per heavy atom. The van der Waals surface area contributed by atoms with Crippen molar-refractivity contribution in [3.8, 4) is 28.0 Å². The third kappa shape index (κ3) is 4.93. The van der Waals surface area contributed by atoms with E-state index in [1.165, 1.54) is 4.31 Å². The number of fused-ring (bicyclic) bond motifs is 1. The first-order valence-corrected chi connectivity index (χ1v) is 13.3. The molecule has 0 aliphatic carbocycles. The third-order valence-corrected chi connectivity index (χ3v) is 8.48. The van der Waals surface area contributed by atoms with Crippen LogP contribution in [-0.2, 0) is 14.8 Å². The molecule has 3 aromatic carbocycles. The molecule has 4 aromatic rings. The van der Waals surface area contributed by atoms with E-state index < -0.39 is 16.0 Å². The molecule has 2 heterocycles. The van der Waals surface area contributed by atoms with Gasteiger partial charge in [-0.3, -0.25) is 14.1 Å². The Bertz CT molecular complexity index is 1520. The normalized spacial score (nSPS) is 14.8. The van der Waals surface area contributed by atoms with Crippen LogP contribution in [0.5, 0.6) is 5.75 Å². The lowest BCUT2D eigenvalue weighted by atomic mass is 9.93. The highest BCUT2D eigenvalue weighted by Gasteiger charge is 2.37. The lowest BCUT2D eigenvalue weighted by Crippen LogP contribution is -2.30. The van der Waals surface area contributed by atoms with Crippen LogP contribution in [0.3, 0.4) is 0 Å². The minimum absolute atomic E-state index is 0.0360. The molecule has 1 aromatic heterocycles. The molecule has 1 N–H and O–H groups in total. The van der Waals surface area contributed by atoms with Crippen molar-refractivity contribution in [3.63, 3.8) is 0 Å². The van der Waals surface area contributed by atoms with E-state index in [4.69, 9.17) is 4.74 Å². The maximum absolute atomic E-state index is 13.8. The van der Waals surface area contributed by atoms with Gasteiger partial charge in [0.25, 0.3) is 10.0 Å². The van der Waals surface area contributed by atoms with Crippen molar-refractivity contribution in [2.45, 2.75) is 23.7 Å². The van der Waals surface area contributed by atoms with Crippen LogP contribution >= 0.6 is 0 Å². The van der Waals surface area contributed by atoms with E-state index in [2.05, 4.69) is 4.98 Å². The molecule has 0 saturated carbocycles. The summed E-state index contributed by atoms with van der Waals surface area (Å²) in [4.78, 5) is 15.7. The lowest BCUT2D eigenvalue weighted by Gasteiger charge is -2.20. The highest BCUT2D eigenvalue weighted by atomic mass is 32.2. The van der Waals surface area contributed by atoms with Gasteiger partial charge in [0.15, 0.2) is 0 Å². The zero-order valence-corrected chi connectivity index (χ0v) is 21.1. The van der Waals surface area contributed by atoms with Crippen molar-refractivity contribution in [1.29, 1.82) is 0 Å². The first-order chi connectivity index (χ1) is 17.9. The molecule has 0 saturated heterocycles. The number of benzene rings is 3. The van der Waals surface area contributed by atoms with Gasteiger partial charge < -0.3 is 9.84 Å². The van der Waals surface area contributed by atoms with Crippen LogP contribution in [0.25, 0.3) is 22.3 Å². The summed E-state index contributed by atoms with van der Waals surface area (Å²) in [5.74, 6) is -0.378. The molecule has 0 fully saturated rings. The van der Waals surface area contributed by atoms with Gasteiger partial charge in [-0.15, -0.1) is 0 Å². The van der Waals surface area contributed by atoms with Crippen LogP contribution in [0.15, 0.2) is 96.2 Å². The number of carbonyl (C=O) groups is 1. The van der Waals surface area contributed by atoms with Crippen LogP contribution in [0, 0.1) is 0 Å². The molecule has 0 amide bonds. The van der Waals surface area contributed by atoms with E-state index >= 15 is 0 Å². The molecule has 5 rings (SSSR count). The van der Waals surface area contributed by atoms with Crippen LogP contribution in [0.2, 0.25) is 0 Å². The Morgan fingerprint density at radius 3 is 2.27 bits per heavy atom. The molecule has 0 spiro atoms. The van der Waals surface area contributed by atoms with E-state index in [1.54, 1.807) is 43.8 Å². The summed E-state index contributed by atoms with van der Waals surface area (Å²) < 4.78 is 34.1. The summed E-state index contributed by atoms with van der Waals surface area (Å²) in [6, 6.07) is 23.8. The first kappa shape index (κ1) is 24.5. The van der Waals surface area contributed by atoms with E-state index in [1.807, 2.05) is 54.6 Å². The Hall–Kier alpha value is -4.17. The zero-order valence-electron chi connectivity index (χ0n) is 20.2. The molecule has 0 radical (unpaired) electrons. The summed E-state index contributed by atoms with van der Waals surface area (Å²) in [6.07, 6.45) is 3.76. The number of aliphatic carboxylic acids is 1. The molecule has 8 heteroatoms. The monoisotopic (exact) mass is 514 g/mol. The summed E-state index contributed by atoms with van der Waals surface area (Å²) in [7, 11) is -2.25. The van der Waals surface area contributed by atoms with E-state index in [0.29, 0.717) is 12.1 Å². The maximum Gasteiger partial charge on any atom is 0.303 e. The Kier molecular flexibility index (Phi) is 6.67. The molecular formula is C29H26N2O5S. The predicted octanol–water partition coefficient (Wildman–Crippen LogP) is 5.58. The zero-order chi connectivity index (χ0) is 26.0. The fourth-order valence-corrected chi connectivity index (χ4v) is 6.26. The van der Waals surface area contributed by atoms with Gasteiger partial charge in [0.1, 0.15) is 5.75 Å². The number of hydrogen-bond acceptors (Lipinski definition) is 5. The largest absolute Gasteiger partial charge is 0.497 e. The van der Waals surface area contributed by atoms with Crippen LogP contribution in [0.4, 0.5) is 5.69 Å². The Labute approximate surface area is 216 Å². The number of anilines is 1. The summed E-state index contributed by atoms with van der Waals surface area (Å²) >= 11 is 0. The number of methoxy groups -OCH3 is 1. The predicted molar refractivity (Wildman–Crippen MR) is 142 cm³/mol. The number of sulfonamides is 1. The number of rotatable bonds is 8. The minimum Gasteiger partial charge on any atom is -0.497 e. The quantitative estimate of drug-likeness (QED) is 0.330. The van der Waals surface area contributed by atoms with Crippen molar-refractivity contribution in [1.82, 2.24) is 4.98 Å². The number of carboxylic acids is 1. The van der Waals surface area contributed by atoms with E-state index in [9.17, 15) is 18.3 Å². The van der Waals surface area contributed by atoms with Gasteiger partial charge in [0.2, 0.25) is 0 Å². The van der Waals surface area contributed by atoms with Gasteiger partial charge in [-0.05, 0) is 76.7 Å². The third-order valence-electron chi connectivity index (χ3n) is 6.69. The summed E-state index contributed by atoms with van der Waals surface area (Å²) in [6.45, 7) is 0.196. The molecular weight excluding hydrogens is 488 g/mol. The van der Waals surface area contributed by atoms with Gasteiger partial charge in [-0.25, -0.2) is 8.42 Å². The van der Waals surface area contributed by atoms with Crippen LogP contribution in [0.1, 0.15) is 24.3 Å². The SMILES string of the molecule is COc1ccc(-c2ccc(S(=O)(=O)N3CC(CCC(=O)O)c4cc(-c5cccnc5)ccc43)cc2)cc1. The lowest BCUT2D eigenvalue weighted by molar-refractivity contribution is -0.137.